The van der Waals surface area contributed by atoms with E-state index in [2.05, 4.69) is 46.0 Å². The van der Waals surface area contributed by atoms with E-state index in [1.54, 1.807) is 18.1 Å². The van der Waals surface area contributed by atoms with Crippen LogP contribution in [0.3, 0.4) is 0 Å². The third-order valence-electron chi connectivity index (χ3n) is 6.87. The van der Waals surface area contributed by atoms with Crippen molar-refractivity contribution in [3.05, 3.63) is 84.5 Å². The van der Waals surface area contributed by atoms with E-state index >= 15 is 0 Å². The molecule has 2 aromatic rings. The second kappa shape index (κ2) is 26.9. The molecule has 2 aliphatic heterocycles. The second-order valence-corrected chi connectivity index (χ2v) is 11.8. The lowest BCUT2D eigenvalue weighted by Gasteiger charge is -2.32. The number of amides is 3. The van der Waals surface area contributed by atoms with Crippen LogP contribution in [0.1, 0.15) is 52.1 Å². The third kappa shape index (κ3) is 18.3. The molecule has 2 heterocycles. The smallest absolute Gasteiger partial charge is 0.240 e. The minimum Gasteiger partial charge on any atom is -0.394 e. The molecule has 0 aromatic heterocycles. The first-order chi connectivity index (χ1) is 23.1. The Labute approximate surface area is 292 Å². The second-order valence-electron chi connectivity index (χ2n) is 10.4. The van der Waals surface area contributed by atoms with Crippen molar-refractivity contribution >= 4 is 41.4 Å². The third-order valence-corrected chi connectivity index (χ3v) is 7.97. The zero-order valence-electron chi connectivity index (χ0n) is 29.4. The molecule has 0 radical (unpaired) electrons. The average molecular weight is 682 g/mol. The number of nitrogens with zero attached hydrogens (tertiary/aromatic N) is 4. The highest BCUT2D eigenvalue weighted by molar-refractivity contribution is 8.04. The number of anilines is 2. The predicted octanol–water partition coefficient (Wildman–Crippen LogP) is 5.28. The monoisotopic (exact) mass is 681 g/mol. The molecule has 2 saturated heterocycles. The van der Waals surface area contributed by atoms with E-state index in [4.69, 9.17) is 10.4 Å². The van der Waals surface area contributed by atoms with E-state index in [1.165, 1.54) is 11.8 Å². The van der Waals surface area contributed by atoms with Gasteiger partial charge in [0, 0.05) is 64.0 Å². The molecule has 48 heavy (non-hydrogen) atoms. The lowest BCUT2D eigenvalue weighted by Crippen LogP contribution is -2.45. The number of benzene rings is 2. The van der Waals surface area contributed by atoms with Gasteiger partial charge in [-0.2, -0.15) is 5.26 Å². The fraction of sp³-hybridized carbons (Fsp3) is 0.444. The van der Waals surface area contributed by atoms with Crippen molar-refractivity contribution in [3.63, 3.8) is 0 Å². The van der Waals surface area contributed by atoms with E-state index in [0.717, 1.165) is 54.7 Å². The molecule has 0 spiro atoms. The highest BCUT2D eigenvalue weighted by atomic mass is 32.2. The molecule has 2 aliphatic rings. The molecule has 2 unspecified atom stereocenters. The molecular formula is C36H55N7O4S. The minimum absolute atomic E-state index is 0.0679. The van der Waals surface area contributed by atoms with Gasteiger partial charge in [-0.1, -0.05) is 76.0 Å². The van der Waals surface area contributed by atoms with Gasteiger partial charge in [0.2, 0.25) is 18.2 Å². The normalized spacial score (nSPS) is 16.0. The van der Waals surface area contributed by atoms with Crippen LogP contribution in [0.4, 0.5) is 11.4 Å². The summed E-state index contributed by atoms with van der Waals surface area (Å²) in [6, 6.07) is 18.6. The summed E-state index contributed by atoms with van der Waals surface area (Å²) in [6.45, 7) is 20.0. The molecular weight excluding hydrogens is 627 g/mol. The van der Waals surface area contributed by atoms with Crippen molar-refractivity contribution in [3.8, 4) is 6.07 Å². The molecule has 0 aliphatic carbocycles. The summed E-state index contributed by atoms with van der Waals surface area (Å²) in [5.41, 5.74) is 2.69. The van der Waals surface area contributed by atoms with Gasteiger partial charge in [0.1, 0.15) is 0 Å². The average Bonchev–Trinajstić information content (AvgIpc) is 3.34. The topological polar surface area (TPSA) is 141 Å². The van der Waals surface area contributed by atoms with Gasteiger partial charge >= 0.3 is 0 Å². The Kier molecular flexibility index (Phi) is 24.5. The van der Waals surface area contributed by atoms with Crippen LogP contribution in [0, 0.1) is 11.3 Å². The van der Waals surface area contributed by atoms with Crippen LogP contribution in [0.2, 0.25) is 0 Å². The highest BCUT2D eigenvalue weighted by Gasteiger charge is 2.28. The molecule has 4 rings (SSSR count). The summed E-state index contributed by atoms with van der Waals surface area (Å²) in [5.74, 6) is 0.225. The number of carbonyl (C=O) groups excluding carboxylic acids is 3. The SMILES string of the molecule is C=C1SC(C)C(=O)N1C.C=CNc1ccc(NC(=O)CCN2CCN(C)CC2)cc1.CC.CCC#N.O=CNC(CO)c1ccccc1. The maximum absolute atomic E-state index is 12.0. The Morgan fingerprint density at radius 2 is 1.65 bits per heavy atom. The number of aliphatic hydroxyl groups is 1. The Morgan fingerprint density at radius 1 is 1.08 bits per heavy atom. The molecule has 2 aromatic carbocycles. The van der Waals surface area contributed by atoms with E-state index in [1.807, 2.05) is 88.4 Å². The van der Waals surface area contributed by atoms with Crippen LogP contribution < -0.4 is 16.0 Å². The number of thioether (sulfide) groups is 1. The first-order valence-electron chi connectivity index (χ1n) is 16.1. The van der Waals surface area contributed by atoms with Crippen molar-refractivity contribution in [1.82, 2.24) is 20.0 Å². The molecule has 11 nitrogen and oxygen atoms in total. The van der Waals surface area contributed by atoms with Crippen molar-refractivity contribution < 1.29 is 19.5 Å². The summed E-state index contributed by atoms with van der Waals surface area (Å²) in [7, 11) is 3.89. The van der Waals surface area contributed by atoms with Gasteiger partial charge < -0.3 is 35.8 Å². The van der Waals surface area contributed by atoms with Crippen molar-refractivity contribution in [2.45, 2.75) is 51.8 Å². The Balaban J connectivity index is 0.000000690. The zero-order chi connectivity index (χ0) is 36.3. The zero-order valence-corrected chi connectivity index (χ0v) is 30.3. The molecule has 12 heteroatoms. The Bertz CT molecular complexity index is 1250. The summed E-state index contributed by atoms with van der Waals surface area (Å²) in [5, 5.41) is 25.9. The summed E-state index contributed by atoms with van der Waals surface area (Å²) in [6.07, 6.45) is 3.38. The first-order valence-corrected chi connectivity index (χ1v) is 17.0. The largest absolute Gasteiger partial charge is 0.394 e. The van der Waals surface area contributed by atoms with Crippen LogP contribution in [0.15, 0.2) is 79.0 Å². The maximum atomic E-state index is 12.0. The summed E-state index contributed by atoms with van der Waals surface area (Å²) in [4.78, 5) is 39.3. The van der Waals surface area contributed by atoms with E-state index in [-0.39, 0.29) is 29.7 Å². The van der Waals surface area contributed by atoms with Crippen molar-refractivity contribution in [2.24, 2.45) is 0 Å². The van der Waals surface area contributed by atoms with Gasteiger partial charge in [-0.25, -0.2) is 0 Å². The van der Waals surface area contributed by atoms with Crippen LogP contribution >= 0.6 is 11.8 Å². The Hall–Kier alpha value is -4.15. The van der Waals surface area contributed by atoms with E-state index in [0.29, 0.717) is 19.3 Å². The predicted molar refractivity (Wildman–Crippen MR) is 199 cm³/mol. The van der Waals surface area contributed by atoms with Gasteiger partial charge in [0.25, 0.3) is 0 Å². The van der Waals surface area contributed by atoms with E-state index in [9.17, 15) is 14.4 Å². The standard InChI is InChI=1S/C16H24N4O.C9H11NO2.C6H9NOS.C3H5N.C2H6/c1-3-17-14-4-6-15(7-5-14)18-16(21)8-9-20-12-10-19(2)11-13-20;11-6-9(10-7-12)8-4-2-1-3-5-8;1-4-6(8)7(3)5(2)9-4;1-2-3-4;1-2/h3-7,17H,1,8-13H2,2H3,(H,18,21);1-5,7,9,11H,6H2,(H,10,12);4H,2H2,1,3H3;2H2,1H3;1-2H3. The number of nitrogens with one attached hydrogen (secondary N) is 3. The summed E-state index contributed by atoms with van der Waals surface area (Å²) < 4.78 is 0. The quantitative estimate of drug-likeness (QED) is 0.247. The fourth-order valence-electron chi connectivity index (χ4n) is 4.07. The molecule has 2 atom stereocenters. The van der Waals surface area contributed by atoms with Crippen molar-refractivity contribution in [1.29, 1.82) is 5.26 Å². The van der Waals surface area contributed by atoms with Gasteiger partial charge in [-0.3, -0.25) is 14.4 Å². The highest BCUT2D eigenvalue weighted by Crippen LogP contribution is 2.31. The van der Waals surface area contributed by atoms with Gasteiger partial charge in [-0.15, -0.1) is 0 Å². The van der Waals surface area contributed by atoms with Crippen LogP contribution in [-0.2, 0) is 14.4 Å². The lowest BCUT2D eigenvalue weighted by molar-refractivity contribution is -0.126. The molecule has 4 N–H and O–H groups in total. The number of rotatable bonds is 10. The van der Waals surface area contributed by atoms with Gasteiger partial charge in [0.15, 0.2) is 0 Å². The first kappa shape index (κ1) is 43.9. The van der Waals surface area contributed by atoms with Crippen molar-refractivity contribution in [2.75, 3.05) is 64.1 Å². The molecule has 3 amide bonds. The fourth-order valence-corrected chi connectivity index (χ4v) is 4.99. The van der Waals surface area contributed by atoms with Gasteiger partial charge in [-0.05, 0) is 50.0 Å². The molecule has 0 saturated carbocycles. The number of aliphatic hydroxyl groups excluding tert-OH is 1. The van der Waals surface area contributed by atoms with Crippen LogP contribution in [0.25, 0.3) is 0 Å². The number of hydrogen-bond acceptors (Lipinski definition) is 9. The van der Waals surface area contributed by atoms with Crippen LogP contribution in [-0.4, -0.2) is 96.7 Å². The van der Waals surface area contributed by atoms with Gasteiger partial charge in [0.05, 0.1) is 29.0 Å². The van der Waals surface area contributed by atoms with E-state index < -0.39 is 0 Å². The minimum atomic E-state index is -0.288. The Morgan fingerprint density at radius 3 is 2.06 bits per heavy atom. The summed E-state index contributed by atoms with van der Waals surface area (Å²) >= 11 is 1.52. The molecule has 2 fully saturated rings. The maximum Gasteiger partial charge on any atom is 0.240 e. The number of piperazine rings is 1. The number of likely N-dealkylation sites (N-methyl/N-ethyl adjacent to an activating group) is 1. The number of carbonyl (C=O) groups is 3. The van der Waals surface area contributed by atoms with Crippen LogP contribution in [0.5, 0.6) is 0 Å². The lowest BCUT2D eigenvalue weighted by atomic mass is 10.1. The molecule has 0 bridgehead atoms. The number of hydrogen-bond donors (Lipinski definition) is 4. The molecule has 264 valence electrons. The number of nitriles is 1.